The molecule has 2 aliphatic rings. The topological polar surface area (TPSA) is 96.0 Å². The van der Waals surface area contributed by atoms with E-state index >= 15 is 0 Å². The molecule has 3 rings (SSSR count). The van der Waals surface area contributed by atoms with Crippen molar-refractivity contribution in [3.05, 3.63) is 29.8 Å². The molecule has 2 aliphatic heterocycles. The van der Waals surface area contributed by atoms with Crippen LogP contribution in [0.5, 0.6) is 0 Å². The van der Waals surface area contributed by atoms with Crippen molar-refractivity contribution < 1.29 is 23.9 Å². The van der Waals surface area contributed by atoms with Gasteiger partial charge in [-0.25, -0.2) is 4.79 Å². The van der Waals surface area contributed by atoms with Gasteiger partial charge < -0.3 is 15.0 Å². The smallest absolute Gasteiger partial charge is 0.354 e. The number of fused-ring (bicyclic) bond motifs is 3. The summed E-state index contributed by atoms with van der Waals surface area (Å²) in [7, 11) is 1.48. The van der Waals surface area contributed by atoms with Crippen LogP contribution in [0.25, 0.3) is 0 Å². The first-order valence-electron chi connectivity index (χ1n) is 9.53. The molecule has 3 amide bonds. The number of ether oxygens (including phenoxy) is 1. The molecule has 0 radical (unpaired) electrons. The monoisotopic (exact) mass is 387 g/mol. The molecule has 0 aromatic heterocycles. The number of carbonyl (C=O) groups is 4. The highest BCUT2D eigenvalue weighted by Gasteiger charge is 2.60. The molecule has 8 nitrogen and oxygen atoms in total. The van der Waals surface area contributed by atoms with Gasteiger partial charge in [-0.3, -0.25) is 19.3 Å². The Kier molecular flexibility index (Phi) is 5.40. The van der Waals surface area contributed by atoms with Crippen LogP contribution in [0.1, 0.15) is 49.9 Å². The van der Waals surface area contributed by atoms with Crippen molar-refractivity contribution >= 4 is 29.4 Å². The fourth-order valence-corrected chi connectivity index (χ4v) is 3.90. The number of nitrogens with zero attached hydrogens (tertiary/aromatic N) is 2. The summed E-state index contributed by atoms with van der Waals surface area (Å²) in [5.41, 5.74) is -0.806. The van der Waals surface area contributed by atoms with Crippen molar-refractivity contribution in [1.82, 2.24) is 10.2 Å². The summed E-state index contributed by atoms with van der Waals surface area (Å²) in [5.74, 6) is -1.80. The lowest BCUT2D eigenvalue weighted by molar-refractivity contribution is -0.159. The van der Waals surface area contributed by atoms with Gasteiger partial charge in [0, 0.05) is 25.9 Å². The van der Waals surface area contributed by atoms with Crippen molar-refractivity contribution in [2.45, 2.75) is 51.2 Å². The largest absolute Gasteiger partial charge is 0.452 e. The first-order chi connectivity index (χ1) is 13.4. The summed E-state index contributed by atoms with van der Waals surface area (Å²) in [6.07, 6.45) is 1.78. The van der Waals surface area contributed by atoms with Crippen molar-refractivity contribution in [3.63, 3.8) is 0 Å². The highest BCUT2D eigenvalue weighted by Crippen LogP contribution is 2.44. The maximum Gasteiger partial charge on any atom is 0.354 e. The third-order valence-electron chi connectivity index (χ3n) is 5.55. The van der Waals surface area contributed by atoms with Crippen molar-refractivity contribution in [3.8, 4) is 0 Å². The van der Waals surface area contributed by atoms with Crippen LogP contribution in [-0.2, 0) is 19.1 Å². The van der Waals surface area contributed by atoms with E-state index in [1.54, 1.807) is 24.3 Å². The summed E-state index contributed by atoms with van der Waals surface area (Å²) < 4.78 is 5.28. The predicted molar refractivity (Wildman–Crippen MR) is 101 cm³/mol. The van der Waals surface area contributed by atoms with Gasteiger partial charge in [0.1, 0.15) is 0 Å². The SMILES string of the molecule is CCC(CC)NC(=O)COC(=O)[C@@]12CCC(=O)N1c1ccccc1C(=O)N2C. The Labute approximate surface area is 163 Å². The van der Waals surface area contributed by atoms with Gasteiger partial charge in [0.05, 0.1) is 11.3 Å². The van der Waals surface area contributed by atoms with E-state index in [-0.39, 0.29) is 30.7 Å². The zero-order chi connectivity index (χ0) is 20.5. The van der Waals surface area contributed by atoms with E-state index in [9.17, 15) is 19.2 Å². The normalized spacial score (nSPS) is 20.9. The lowest BCUT2D eigenvalue weighted by Gasteiger charge is -2.46. The number of amides is 3. The number of nitrogens with one attached hydrogen (secondary N) is 1. The number of likely N-dealkylation sites (N-methyl/N-ethyl adjacent to an activating group) is 1. The number of anilines is 1. The Morgan fingerprint density at radius 1 is 1.21 bits per heavy atom. The second-order valence-corrected chi connectivity index (χ2v) is 7.08. The Hall–Kier alpha value is -2.90. The summed E-state index contributed by atoms with van der Waals surface area (Å²) >= 11 is 0. The molecule has 8 heteroatoms. The number of para-hydroxylation sites is 1. The van der Waals surface area contributed by atoms with E-state index in [2.05, 4.69) is 5.32 Å². The number of hydrogen-bond acceptors (Lipinski definition) is 5. The van der Waals surface area contributed by atoms with Crippen LogP contribution < -0.4 is 10.2 Å². The van der Waals surface area contributed by atoms with Crippen molar-refractivity contribution in [1.29, 1.82) is 0 Å². The molecule has 0 bridgehead atoms. The van der Waals surface area contributed by atoms with Gasteiger partial charge in [-0.05, 0) is 25.0 Å². The minimum absolute atomic E-state index is 0.0136. The molecule has 2 heterocycles. The van der Waals surface area contributed by atoms with Crippen LogP contribution in [0, 0.1) is 0 Å². The Morgan fingerprint density at radius 3 is 2.57 bits per heavy atom. The Morgan fingerprint density at radius 2 is 1.89 bits per heavy atom. The fraction of sp³-hybridized carbons (Fsp3) is 0.500. The van der Waals surface area contributed by atoms with Gasteiger partial charge in [0.15, 0.2) is 6.61 Å². The molecule has 1 N–H and O–H groups in total. The van der Waals surface area contributed by atoms with Gasteiger partial charge >= 0.3 is 5.97 Å². The summed E-state index contributed by atoms with van der Waals surface area (Å²) in [6.45, 7) is 3.46. The number of rotatable bonds is 6. The molecule has 1 aromatic rings. The van der Waals surface area contributed by atoms with Crippen LogP contribution in [0.3, 0.4) is 0 Å². The molecule has 0 aliphatic carbocycles. The van der Waals surface area contributed by atoms with Gasteiger partial charge in [-0.15, -0.1) is 0 Å². The van der Waals surface area contributed by atoms with Crippen LogP contribution in [-0.4, -0.2) is 54.0 Å². The molecular weight excluding hydrogens is 362 g/mol. The van der Waals surface area contributed by atoms with Gasteiger partial charge in [-0.1, -0.05) is 26.0 Å². The molecule has 0 saturated carbocycles. The molecule has 0 unspecified atom stereocenters. The Balaban J connectivity index is 1.85. The lowest BCUT2D eigenvalue weighted by Crippen LogP contribution is -2.67. The third kappa shape index (κ3) is 3.02. The second kappa shape index (κ2) is 7.61. The molecular formula is C20H25N3O5. The molecule has 28 heavy (non-hydrogen) atoms. The average molecular weight is 387 g/mol. The lowest BCUT2D eigenvalue weighted by atomic mass is 9.97. The average Bonchev–Trinajstić information content (AvgIpc) is 3.07. The summed E-state index contributed by atoms with van der Waals surface area (Å²) in [4.78, 5) is 53.2. The first kappa shape index (κ1) is 19.9. The number of hydrogen-bond donors (Lipinski definition) is 1. The van der Waals surface area contributed by atoms with E-state index in [4.69, 9.17) is 4.74 Å². The van der Waals surface area contributed by atoms with Crippen LogP contribution in [0.15, 0.2) is 24.3 Å². The molecule has 1 atom stereocenters. The minimum Gasteiger partial charge on any atom is -0.452 e. The quantitative estimate of drug-likeness (QED) is 0.745. The van der Waals surface area contributed by atoms with Gasteiger partial charge in [-0.2, -0.15) is 0 Å². The van der Waals surface area contributed by atoms with Crippen LogP contribution in [0.4, 0.5) is 5.69 Å². The van der Waals surface area contributed by atoms with Crippen LogP contribution in [0.2, 0.25) is 0 Å². The van der Waals surface area contributed by atoms with E-state index in [1.807, 2.05) is 13.8 Å². The number of esters is 1. The second-order valence-electron chi connectivity index (χ2n) is 7.08. The minimum atomic E-state index is -1.56. The molecule has 1 saturated heterocycles. The van der Waals surface area contributed by atoms with Crippen molar-refractivity contribution in [2.75, 3.05) is 18.6 Å². The van der Waals surface area contributed by atoms with Crippen LogP contribution >= 0.6 is 0 Å². The highest BCUT2D eigenvalue weighted by atomic mass is 16.5. The highest BCUT2D eigenvalue weighted by molar-refractivity contribution is 6.15. The zero-order valence-corrected chi connectivity index (χ0v) is 16.4. The van der Waals surface area contributed by atoms with E-state index in [0.29, 0.717) is 11.3 Å². The zero-order valence-electron chi connectivity index (χ0n) is 16.4. The molecule has 0 spiro atoms. The van der Waals surface area contributed by atoms with Gasteiger partial charge in [0.2, 0.25) is 11.6 Å². The summed E-state index contributed by atoms with van der Waals surface area (Å²) in [6, 6.07) is 6.70. The third-order valence-corrected chi connectivity index (χ3v) is 5.55. The van der Waals surface area contributed by atoms with E-state index < -0.39 is 24.1 Å². The molecule has 1 fully saturated rings. The van der Waals surface area contributed by atoms with Gasteiger partial charge in [0.25, 0.3) is 11.8 Å². The maximum absolute atomic E-state index is 13.1. The maximum atomic E-state index is 13.1. The molecule has 1 aromatic carbocycles. The summed E-state index contributed by atoms with van der Waals surface area (Å²) in [5, 5.41) is 2.80. The fourth-order valence-electron chi connectivity index (χ4n) is 3.90. The first-order valence-corrected chi connectivity index (χ1v) is 9.53. The standard InChI is InChI=1S/C20H25N3O5/c1-4-13(5-2)21-16(24)12-28-19(27)20-11-10-17(25)23(20)15-9-7-6-8-14(15)18(26)22(20)3/h6-9,13H,4-5,10-12H2,1-3H3,(H,21,24)/t20-/m1/s1. The van der Waals surface area contributed by atoms with Crippen molar-refractivity contribution in [2.24, 2.45) is 0 Å². The molecule has 150 valence electrons. The Bertz CT molecular complexity index is 820. The number of benzene rings is 1. The predicted octanol–water partition coefficient (Wildman–Crippen LogP) is 1.44. The van der Waals surface area contributed by atoms with E-state index in [0.717, 1.165) is 12.8 Å². The van der Waals surface area contributed by atoms with E-state index in [1.165, 1.54) is 16.8 Å². The number of carbonyl (C=O) groups excluding carboxylic acids is 4.